The van der Waals surface area contributed by atoms with Gasteiger partial charge < -0.3 is 0 Å². The minimum absolute atomic E-state index is 0.110. The minimum atomic E-state index is -5.19. The zero-order valence-corrected chi connectivity index (χ0v) is 13.8. The Morgan fingerprint density at radius 1 is 0.793 bits per heavy atom. The van der Waals surface area contributed by atoms with Gasteiger partial charge in [0.25, 0.3) is 0 Å². The smallest absolute Gasteiger partial charge is 0.258 e. The summed E-state index contributed by atoms with van der Waals surface area (Å²) in [7, 11) is 0. The standard InChI is InChI=1S/C17H6F8N4/c18-7-1-3-11(19)9(5-7)15-28-27-13-4-2-8-10(16(20,21)22)6-12(17(23,24)25)26-14(8)29(13)15/h1-6H. The van der Waals surface area contributed by atoms with E-state index in [0.29, 0.717) is 6.07 Å². The predicted octanol–water partition coefficient (Wildman–Crippen LogP) is 5.26. The van der Waals surface area contributed by atoms with Gasteiger partial charge in [-0.15, -0.1) is 10.2 Å². The van der Waals surface area contributed by atoms with E-state index in [1.54, 1.807) is 0 Å². The van der Waals surface area contributed by atoms with Crippen molar-refractivity contribution in [2.45, 2.75) is 12.4 Å². The molecule has 0 amide bonds. The van der Waals surface area contributed by atoms with Crippen molar-refractivity contribution in [2.24, 2.45) is 0 Å². The SMILES string of the molecule is Fc1ccc(F)c(-c2nnc3ccc4c(C(F)(F)F)cc(C(F)(F)F)nc4n23)c1. The first-order valence-electron chi connectivity index (χ1n) is 7.75. The average Bonchev–Trinajstić information content (AvgIpc) is 3.05. The fraction of sp³-hybridized carbons (Fsp3) is 0.118. The summed E-state index contributed by atoms with van der Waals surface area (Å²) in [6, 6.07) is 4.07. The van der Waals surface area contributed by atoms with E-state index >= 15 is 0 Å². The monoisotopic (exact) mass is 418 g/mol. The molecule has 3 aromatic heterocycles. The third-order valence-corrected chi connectivity index (χ3v) is 4.10. The van der Waals surface area contributed by atoms with E-state index in [0.717, 1.165) is 28.7 Å². The molecule has 3 heterocycles. The number of alkyl halides is 6. The highest BCUT2D eigenvalue weighted by molar-refractivity contribution is 5.84. The molecule has 0 saturated carbocycles. The normalized spacial score (nSPS) is 12.8. The maximum atomic E-state index is 14.2. The van der Waals surface area contributed by atoms with Gasteiger partial charge in [-0.05, 0) is 36.4 Å². The number of rotatable bonds is 1. The van der Waals surface area contributed by atoms with Crippen LogP contribution >= 0.6 is 0 Å². The maximum Gasteiger partial charge on any atom is 0.433 e. The minimum Gasteiger partial charge on any atom is -0.258 e. The summed E-state index contributed by atoms with van der Waals surface area (Å²) in [4.78, 5) is 3.30. The summed E-state index contributed by atoms with van der Waals surface area (Å²) in [6.07, 6.45) is -10.3. The number of halogens is 8. The highest BCUT2D eigenvalue weighted by Crippen LogP contribution is 2.39. The maximum absolute atomic E-state index is 14.2. The lowest BCUT2D eigenvalue weighted by Crippen LogP contribution is -2.15. The van der Waals surface area contributed by atoms with Crippen molar-refractivity contribution in [3.05, 3.63) is 59.3 Å². The lowest BCUT2D eigenvalue weighted by atomic mass is 10.1. The molecule has 4 nitrogen and oxygen atoms in total. The Kier molecular flexibility index (Phi) is 4.00. The first-order chi connectivity index (χ1) is 13.5. The Balaban J connectivity index is 2.18. The number of benzene rings is 1. The summed E-state index contributed by atoms with van der Waals surface area (Å²) >= 11 is 0. The van der Waals surface area contributed by atoms with Gasteiger partial charge in [0.1, 0.15) is 23.0 Å². The van der Waals surface area contributed by atoms with Crippen LogP contribution in [-0.2, 0) is 12.4 Å². The van der Waals surface area contributed by atoms with Crippen LogP contribution in [-0.4, -0.2) is 19.6 Å². The van der Waals surface area contributed by atoms with Crippen molar-refractivity contribution < 1.29 is 35.1 Å². The number of pyridine rings is 2. The van der Waals surface area contributed by atoms with Crippen molar-refractivity contribution >= 4 is 16.7 Å². The molecule has 1 aromatic carbocycles. The largest absolute Gasteiger partial charge is 0.433 e. The summed E-state index contributed by atoms with van der Waals surface area (Å²) in [6.45, 7) is 0. The summed E-state index contributed by atoms with van der Waals surface area (Å²) in [5.74, 6) is -2.39. The van der Waals surface area contributed by atoms with Crippen LogP contribution in [0, 0.1) is 11.6 Å². The summed E-state index contributed by atoms with van der Waals surface area (Å²) in [5.41, 5.74) is -4.89. The molecule has 4 rings (SSSR count). The molecule has 0 aliphatic rings. The second-order valence-corrected chi connectivity index (χ2v) is 5.96. The molecular formula is C17H6F8N4. The van der Waals surface area contributed by atoms with Crippen LogP contribution in [0.1, 0.15) is 11.3 Å². The van der Waals surface area contributed by atoms with E-state index in [1.807, 2.05) is 0 Å². The van der Waals surface area contributed by atoms with Gasteiger partial charge in [-0.2, -0.15) is 26.3 Å². The van der Waals surface area contributed by atoms with E-state index in [2.05, 4.69) is 15.2 Å². The number of hydrogen-bond acceptors (Lipinski definition) is 3. The highest BCUT2D eigenvalue weighted by Gasteiger charge is 2.40. The number of fused-ring (bicyclic) bond motifs is 3. The van der Waals surface area contributed by atoms with Crippen molar-refractivity contribution in [3.63, 3.8) is 0 Å². The first kappa shape index (κ1) is 19.0. The fourth-order valence-electron chi connectivity index (χ4n) is 2.87. The molecule has 150 valence electrons. The van der Waals surface area contributed by atoms with Gasteiger partial charge in [-0.1, -0.05) is 0 Å². The van der Waals surface area contributed by atoms with E-state index in [4.69, 9.17) is 0 Å². The molecule has 0 N–H and O–H groups in total. The predicted molar refractivity (Wildman–Crippen MR) is 83.6 cm³/mol. The lowest BCUT2D eigenvalue weighted by Gasteiger charge is -2.15. The van der Waals surface area contributed by atoms with Crippen molar-refractivity contribution in [1.82, 2.24) is 19.6 Å². The Morgan fingerprint density at radius 2 is 1.52 bits per heavy atom. The lowest BCUT2D eigenvalue weighted by molar-refractivity contribution is -0.144. The zero-order valence-electron chi connectivity index (χ0n) is 13.8. The molecule has 0 radical (unpaired) electrons. The van der Waals surface area contributed by atoms with E-state index in [-0.39, 0.29) is 11.7 Å². The van der Waals surface area contributed by atoms with Crippen LogP contribution in [0.4, 0.5) is 35.1 Å². The molecule has 0 aliphatic heterocycles. The Hall–Kier alpha value is -3.31. The molecule has 0 bridgehead atoms. The molecule has 0 unspecified atom stereocenters. The van der Waals surface area contributed by atoms with Gasteiger partial charge >= 0.3 is 12.4 Å². The van der Waals surface area contributed by atoms with Gasteiger partial charge in [-0.25, -0.2) is 13.8 Å². The van der Waals surface area contributed by atoms with E-state index in [9.17, 15) is 35.1 Å². The van der Waals surface area contributed by atoms with Crippen molar-refractivity contribution in [3.8, 4) is 11.4 Å². The fourth-order valence-corrected chi connectivity index (χ4v) is 2.87. The van der Waals surface area contributed by atoms with E-state index < -0.39 is 57.7 Å². The third kappa shape index (κ3) is 3.13. The summed E-state index contributed by atoms with van der Waals surface area (Å²) in [5, 5.41) is 6.54. The van der Waals surface area contributed by atoms with Crippen LogP contribution in [0.25, 0.3) is 28.1 Å². The van der Waals surface area contributed by atoms with Crippen LogP contribution < -0.4 is 0 Å². The first-order valence-corrected chi connectivity index (χ1v) is 7.75. The van der Waals surface area contributed by atoms with Crippen molar-refractivity contribution in [2.75, 3.05) is 0 Å². The van der Waals surface area contributed by atoms with Crippen LogP contribution in [0.5, 0.6) is 0 Å². The second-order valence-electron chi connectivity index (χ2n) is 5.96. The number of nitrogens with zero attached hydrogens (tertiary/aromatic N) is 4. The van der Waals surface area contributed by atoms with Gasteiger partial charge in [-0.3, -0.25) is 4.40 Å². The van der Waals surface area contributed by atoms with Gasteiger partial charge in [0.2, 0.25) is 0 Å². The molecule has 0 spiro atoms. The van der Waals surface area contributed by atoms with Crippen molar-refractivity contribution in [1.29, 1.82) is 0 Å². The molecule has 0 atom stereocenters. The highest BCUT2D eigenvalue weighted by atomic mass is 19.4. The van der Waals surface area contributed by atoms with Gasteiger partial charge in [0.15, 0.2) is 11.5 Å². The molecule has 0 fully saturated rings. The van der Waals surface area contributed by atoms with E-state index in [1.165, 1.54) is 0 Å². The Labute approximate surface area is 155 Å². The number of hydrogen-bond donors (Lipinski definition) is 0. The van der Waals surface area contributed by atoms with Gasteiger partial charge in [0.05, 0.1) is 11.1 Å². The third-order valence-electron chi connectivity index (χ3n) is 4.10. The summed E-state index contributed by atoms with van der Waals surface area (Å²) < 4.78 is 108. The molecule has 4 aromatic rings. The second kappa shape index (κ2) is 6.09. The Bertz CT molecular complexity index is 1260. The quantitative estimate of drug-likeness (QED) is 0.396. The molecule has 0 saturated heterocycles. The topological polar surface area (TPSA) is 43.1 Å². The van der Waals surface area contributed by atoms with Crippen LogP contribution in [0.3, 0.4) is 0 Å². The van der Waals surface area contributed by atoms with Gasteiger partial charge in [0, 0.05) is 5.39 Å². The average molecular weight is 418 g/mol. The molecule has 12 heteroatoms. The molecule has 0 aliphatic carbocycles. The number of aromatic nitrogens is 4. The van der Waals surface area contributed by atoms with Crippen LogP contribution in [0.15, 0.2) is 36.4 Å². The van der Waals surface area contributed by atoms with Crippen LogP contribution in [0.2, 0.25) is 0 Å². The molecular weight excluding hydrogens is 412 g/mol. The zero-order chi connectivity index (χ0) is 21.1. The molecule has 29 heavy (non-hydrogen) atoms. The Morgan fingerprint density at radius 3 is 2.17 bits per heavy atom.